The molecular weight excluding hydrogens is 587 g/mol. The van der Waals surface area contributed by atoms with E-state index in [4.69, 9.17) is 9.97 Å². The minimum atomic E-state index is 0.200. The molecule has 4 nitrogen and oxygen atoms in total. The molecule has 0 spiro atoms. The van der Waals surface area contributed by atoms with Crippen molar-refractivity contribution in [3.05, 3.63) is 145 Å². The van der Waals surface area contributed by atoms with Crippen molar-refractivity contribution in [2.45, 2.75) is 39.5 Å². The van der Waals surface area contributed by atoms with E-state index >= 15 is 0 Å². The molecule has 2 heterocycles. The quantitative estimate of drug-likeness (QED) is 0.200. The Kier molecular flexibility index (Phi) is 7.29. The molecule has 0 aliphatic rings. The summed E-state index contributed by atoms with van der Waals surface area (Å²) in [4.78, 5) is 10.8. The van der Waals surface area contributed by atoms with Crippen molar-refractivity contribution in [1.82, 2.24) is 14.5 Å². The summed E-state index contributed by atoms with van der Waals surface area (Å²) in [7, 11) is 0. The standard InChI is InChI=1S/C44H37N3O/c1-27(2)33-18-11-19-34(28(3)4)43(33)47-39-21-12-20-37(42(39)46-44(47)36-17-9-10-22-40(36)48)41-35-16-8-7-15-31(35)26-38(45-41)32-24-23-29-13-5-6-14-30(29)25-32/h5-28,48H,1-4H3. The van der Waals surface area contributed by atoms with Crippen LogP contribution in [0, 0.1) is 0 Å². The van der Waals surface area contributed by atoms with Gasteiger partial charge in [-0.3, -0.25) is 4.57 Å². The first-order chi connectivity index (χ1) is 23.4. The first kappa shape index (κ1) is 29.6. The number of pyridine rings is 1. The lowest BCUT2D eigenvalue weighted by atomic mass is 9.92. The molecule has 1 N–H and O–H groups in total. The molecular formula is C44H37N3O. The second kappa shape index (κ2) is 11.8. The molecule has 234 valence electrons. The van der Waals surface area contributed by atoms with Gasteiger partial charge in [0.05, 0.1) is 33.7 Å². The van der Waals surface area contributed by atoms with E-state index in [1.807, 2.05) is 18.2 Å². The van der Waals surface area contributed by atoms with Gasteiger partial charge in [-0.25, -0.2) is 9.97 Å². The second-order valence-electron chi connectivity index (χ2n) is 13.2. The van der Waals surface area contributed by atoms with Crippen LogP contribution in [0.5, 0.6) is 5.75 Å². The third-order valence-corrected chi connectivity index (χ3v) is 9.44. The first-order valence-corrected chi connectivity index (χ1v) is 16.7. The molecule has 6 aromatic carbocycles. The van der Waals surface area contributed by atoms with Crippen LogP contribution in [-0.4, -0.2) is 19.6 Å². The minimum absolute atomic E-state index is 0.200. The number of nitrogens with zero attached hydrogens (tertiary/aromatic N) is 3. The number of phenols is 1. The van der Waals surface area contributed by atoms with Gasteiger partial charge in [-0.2, -0.15) is 0 Å². The molecule has 0 aliphatic carbocycles. The van der Waals surface area contributed by atoms with Crippen molar-refractivity contribution >= 4 is 32.6 Å². The van der Waals surface area contributed by atoms with Crippen LogP contribution in [0.25, 0.3) is 72.2 Å². The Morgan fingerprint density at radius 3 is 1.96 bits per heavy atom. The van der Waals surface area contributed by atoms with Crippen molar-refractivity contribution < 1.29 is 5.11 Å². The average Bonchev–Trinajstić information content (AvgIpc) is 3.50. The third-order valence-electron chi connectivity index (χ3n) is 9.44. The molecule has 0 unspecified atom stereocenters. The average molecular weight is 624 g/mol. The van der Waals surface area contributed by atoms with Crippen LogP contribution in [0.3, 0.4) is 0 Å². The Morgan fingerprint density at radius 2 is 1.21 bits per heavy atom. The lowest BCUT2D eigenvalue weighted by Gasteiger charge is -2.22. The molecule has 0 saturated heterocycles. The number of imidazole rings is 1. The van der Waals surface area contributed by atoms with Gasteiger partial charge in [0.2, 0.25) is 0 Å². The molecule has 8 rings (SSSR count). The van der Waals surface area contributed by atoms with E-state index in [2.05, 4.69) is 141 Å². The Bertz CT molecular complexity index is 2460. The van der Waals surface area contributed by atoms with Gasteiger partial charge in [-0.15, -0.1) is 0 Å². The van der Waals surface area contributed by atoms with E-state index in [1.54, 1.807) is 6.07 Å². The molecule has 0 radical (unpaired) electrons. The number of phenolic OH excluding ortho intramolecular Hbond substituents is 1. The highest BCUT2D eigenvalue weighted by Gasteiger charge is 2.25. The number of benzene rings is 6. The van der Waals surface area contributed by atoms with Crippen LogP contribution in [0.1, 0.15) is 50.7 Å². The SMILES string of the molecule is CC(C)c1cccc(C(C)C)c1-n1c(-c2ccccc2O)nc2c(-c3nc(-c4ccc5ccccc5c4)cc4ccccc34)cccc21. The molecule has 0 fully saturated rings. The number of para-hydroxylation sites is 3. The fraction of sp³-hybridized carbons (Fsp3) is 0.136. The summed E-state index contributed by atoms with van der Waals surface area (Å²) in [5.74, 6) is 1.47. The fourth-order valence-corrected chi connectivity index (χ4v) is 7.03. The highest BCUT2D eigenvalue weighted by atomic mass is 16.3. The summed E-state index contributed by atoms with van der Waals surface area (Å²) in [6.07, 6.45) is 0. The zero-order valence-electron chi connectivity index (χ0n) is 27.6. The van der Waals surface area contributed by atoms with Gasteiger partial charge in [0, 0.05) is 16.5 Å². The molecule has 0 saturated carbocycles. The zero-order valence-corrected chi connectivity index (χ0v) is 27.6. The number of hydrogen-bond donors (Lipinski definition) is 1. The van der Waals surface area contributed by atoms with Crippen molar-refractivity contribution in [3.63, 3.8) is 0 Å². The molecule has 8 aromatic rings. The fourth-order valence-electron chi connectivity index (χ4n) is 7.03. The van der Waals surface area contributed by atoms with Gasteiger partial charge in [0.25, 0.3) is 0 Å². The summed E-state index contributed by atoms with van der Waals surface area (Å²) >= 11 is 0. The Hall–Kier alpha value is -5.74. The van der Waals surface area contributed by atoms with Crippen LogP contribution < -0.4 is 0 Å². The lowest BCUT2D eigenvalue weighted by Crippen LogP contribution is -2.08. The monoisotopic (exact) mass is 623 g/mol. The molecule has 48 heavy (non-hydrogen) atoms. The Labute approximate surface area is 281 Å². The first-order valence-electron chi connectivity index (χ1n) is 16.7. The maximum absolute atomic E-state index is 11.2. The highest BCUT2D eigenvalue weighted by molar-refractivity contribution is 6.04. The van der Waals surface area contributed by atoms with Gasteiger partial charge in [0.1, 0.15) is 11.6 Å². The predicted molar refractivity (Wildman–Crippen MR) is 200 cm³/mol. The van der Waals surface area contributed by atoms with Crippen LogP contribution in [0.4, 0.5) is 0 Å². The van der Waals surface area contributed by atoms with Crippen molar-refractivity contribution in [2.75, 3.05) is 0 Å². The number of fused-ring (bicyclic) bond motifs is 3. The third kappa shape index (κ3) is 4.92. The van der Waals surface area contributed by atoms with Crippen LogP contribution in [-0.2, 0) is 0 Å². The van der Waals surface area contributed by atoms with Crippen LogP contribution >= 0.6 is 0 Å². The number of aromatic nitrogens is 3. The Balaban J connectivity index is 1.46. The van der Waals surface area contributed by atoms with E-state index in [1.165, 1.54) is 21.9 Å². The molecule has 0 bridgehead atoms. The number of rotatable bonds is 6. The minimum Gasteiger partial charge on any atom is -0.507 e. The maximum atomic E-state index is 11.2. The Morgan fingerprint density at radius 1 is 0.562 bits per heavy atom. The number of hydrogen-bond acceptors (Lipinski definition) is 3. The van der Waals surface area contributed by atoms with Crippen molar-refractivity contribution in [3.8, 4) is 45.3 Å². The highest BCUT2D eigenvalue weighted by Crippen LogP contribution is 2.42. The van der Waals surface area contributed by atoms with E-state index in [-0.39, 0.29) is 17.6 Å². The van der Waals surface area contributed by atoms with Gasteiger partial charge in [-0.05, 0) is 69.5 Å². The summed E-state index contributed by atoms with van der Waals surface area (Å²) in [5, 5.41) is 15.8. The predicted octanol–water partition coefficient (Wildman–Crippen LogP) is 11.7. The van der Waals surface area contributed by atoms with Crippen LogP contribution in [0.15, 0.2) is 133 Å². The van der Waals surface area contributed by atoms with E-state index in [0.29, 0.717) is 11.4 Å². The van der Waals surface area contributed by atoms with Gasteiger partial charge in [-0.1, -0.05) is 131 Å². The topological polar surface area (TPSA) is 50.9 Å². The van der Waals surface area contributed by atoms with Gasteiger partial charge < -0.3 is 5.11 Å². The molecule has 0 atom stereocenters. The molecule has 4 heteroatoms. The van der Waals surface area contributed by atoms with Crippen molar-refractivity contribution in [1.29, 1.82) is 0 Å². The van der Waals surface area contributed by atoms with Crippen molar-refractivity contribution in [2.24, 2.45) is 0 Å². The summed E-state index contributed by atoms with van der Waals surface area (Å²) < 4.78 is 2.27. The molecule has 0 amide bonds. The number of aromatic hydroxyl groups is 1. The van der Waals surface area contributed by atoms with E-state index in [0.717, 1.165) is 50.0 Å². The van der Waals surface area contributed by atoms with Crippen LogP contribution in [0.2, 0.25) is 0 Å². The van der Waals surface area contributed by atoms with Gasteiger partial charge >= 0.3 is 0 Å². The normalized spacial score (nSPS) is 11.8. The maximum Gasteiger partial charge on any atom is 0.149 e. The van der Waals surface area contributed by atoms with E-state index < -0.39 is 0 Å². The molecule has 0 aliphatic heterocycles. The van der Waals surface area contributed by atoms with E-state index in [9.17, 15) is 5.11 Å². The summed E-state index contributed by atoms with van der Waals surface area (Å²) in [6, 6.07) is 46.1. The second-order valence-corrected chi connectivity index (χ2v) is 13.2. The summed E-state index contributed by atoms with van der Waals surface area (Å²) in [6.45, 7) is 8.95. The zero-order chi connectivity index (χ0) is 32.9. The largest absolute Gasteiger partial charge is 0.507 e. The van der Waals surface area contributed by atoms with Gasteiger partial charge in [0.15, 0.2) is 0 Å². The summed E-state index contributed by atoms with van der Waals surface area (Å²) in [5.41, 5.74) is 9.94. The lowest BCUT2D eigenvalue weighted by molar-refractivity contribution is 0.477. The smallest absolute Gasteiger partial charge is 0.149 e. The molecule has 2 aromatic heterocycles.